The maximum Gasteiger partial charge on any atom is 0.306 e. The first-order valence-corrected chi connectivity index (χ1v) is 6.70. The lowest BCUT2D eigenvalue weighted by Gasteiger charge is -2.14. The number of nitrogens with one attached hydrogen (secondary N) is 1. The average molecular weight is 281 g/mol. The SMILES string of the molecule is COC(=O)CCN(C)Cc1nc2ccsc2c(=O)[nH]1. The topological polar surface area (TPSA) is 75.3 Å². The molecule has 2 rings (SSSR count). The lowest BCUT2D eigenvalue weighted by atomic mass is 10.4. The van der Waals surface area contributed by atoms with Gasteiger partial charge < -0.3 is 9.72 Å². The Morgan fingerprint density at radius 2 is 2.37 bits per heavy atom. The Kier molecular flexibility index (Phi) is 4.28. The number of carbonyl (C=O) groups excluding carboxylic acids is 1. The van der Waals surface area contributed by atoms with Crippen molar-refractivity contribution in [1.29, 1.82) is 0 Å². The number of ether oxygens (including phenoxy) is 1. The molecule has 0 bridgehead atoms. The minimum Gasteiger partial charge on any atom is -0.469 e. The van der Waals surface area contributed by atoms with Crippen molar-refractivity contribution in [2.75, 3.05) is 20.7 Å². The van der Waals surface area contributed by atoms with Gasteiger partial charge in [0, 0.05) is 6.54 Å². The molecule has 0 aromatic carbocycles. The maximum atomic E-state index is 11.8. The lowest BCUT2D eigenvalue weighted by Crippen LogP contribution is -2.24. The van der Waals surface area contributed by atoms with Crippen LogP contribution in [0.1, 0.15) is 12.2 Å². The number of carbonyl (C=O) groups is 1. The fraction of sp³-hybridized carbons (Fsp3) is 0.417. The highest BCUT2D eigenvalue weighted by molar-refractivity contribution is 7.17. The van der Waals surface area contributed by atoms with E-state index in [-0.39, 0.29) is 11.5 Å². The molecule has 2 aromatic rings. The number of H-pyrrole nitrogens is 1. The van der Waals surface area contributed by atoms with Crippen molar-refractivity contribution in [3.8, 4) is 0 Å². The van der Waals surface area contributed by atoms with Gasteiger partial charge in [-0.25, -0.2) is 4.98 Å². The normalized spacial score (nSPS) is 11.1. The molecule has 0 aliphatic rings. The second kappa shape index (κ2) is 5.94. The number of aromatic amines is 1. The summed E-state index contributed by atoms with van der Waals surface area (Å²) in [5.74, 6) is 0.352. The predicted molar refractivity (Wildman–Crippen MR) is 73.2 cm³/mol. The summed E-state index contributed by atoms with van der Waals surface area (Å²) in [6.45, 7) is 1.04. The van der Waals surface area contributed by atoms with Crippen LogP contribution < -0.4 is 5.56 Å². The van der Waals surface area contributed by atoms with Crippen LogP contribution in [0.3, 0.4) is 0 Å². The minimum absolute atomic E-state index is 0.114. The Bertz CT molecular complexity index is 634. The number of fused-ring (bicyclic) bond motifs is 1. The van der Waals surface area contributed by atoms with Crippen molar-refractivity contribution in [1.82, 2.24) is 14.9 Å². The zero-order valence-electron chi connectivity index (χ0n) is 10.8. The van der Waals surface area contributed by atoms with Gasteiger partial charge in [-0.3, -0.25) is 14.5 Å². The molecule has 7 heteroatoms. The molecule has 102 valence electrons. The fourth-order valence-corrected chi connectivity index (χ4v) is 2.44. The molecule has 0 radical (unpaired) electrons. The summed E-state index contributed by atoms with van der Waals surface area (Å²) in [6, 6.07) is 1.83. The molecule has 0 spiro atoms. The smallest absolute Gasteiger partial charge is 0.306 e. The van der Waals surface area contributed by atoms with Crippen LogP contribution in [0.2, 0.25) is 0 Å². The third kappa shape index (κ3) is 3.39. The molecule has 2 aromatic heterocycles. The molecule has 19 heavy (non-hydrogen) atoms. The second-order valence-corrected chi connectivity index (χ2v) is 5.13. The van der Waals surface area contributed by atoms with E-state index >= 15 is 0 Å². The van der Waals surface area contributed by atoms with Gasteiger partial charge in [0.15, 0.2) is 0 Å². The van der Waals surface area contributed by atoms with Crippen LogP contribution in [-0.4, -0.2) is 41.5 Å². The van der Waals surface area contributed by atoms with Crippen molar-refractivity contribution in [3.05, 3.63) is 27.6 Å². The Morgan fingerprint density at radius 1 is 1.58 bits per heavy atom. The quantitative estimate of drug-likeness (QED) is 0.827. The van der Waals surface area contributed by atoms with Gasteiger partial charge in [-0.15, -0.1) is 11.3 Å². The Hall–Kier alpha value is -1.73. The second-order valence-electron chi connectivity index (χ2n) is 4.21. The van der Waals surface area contributed by atoms with Crippen molar-refractivity contribution in [2.24, 2.45) is 0 Å². The van der Waals surface area contributed by atoms with E-state index in [0.717, 1.165) is 0 Å². The highest BCUT2D eigenvalue weighted by atomic mass is 32.1. The predicted octanol–water partition coefficient (Wildman–Crippen LogP) is 0.979. The van der Waals surface area contributed by atoms with Gasteiger partial charge >= 0.3 is 5.97 Å². The van der Waals surface area contributed by atoms with Crippen molar-refractivity contribution in [2.45, 2.75) is 13.0 Å². The fourth-order valence-electron chi connectivity index (χ4n) is 1.72. The molecule has 2 heterocycles. The number of thiophene rings is 1. The van der Waals surface area contributed by atoms with Gasteiger partial charge in [0.25, 0.3) is 5.56 Å². The van der Waals surface area contributed by atoms with Gasteiger partial charge in [-0.05, 0) is 18.5 Å². The van der Waals surface area contributed by atoms with Crippen molar-refractivity contribution >= 4 is 27.5 Å². The van der Waals surface area contributed by atoms with Crippen LogP contribution >= 0.6 is 11.3 Å². The van der Waals surface area contributed by atoms with E-state index in [0.29, 0.717) is 35.6 Å². The summed E-state index contributed by atoms with van der Waals surface area (Å²) in [5.41, 5.74) is 0.599. The molecular formula is C12H15N3O3S. The minimum atomic E-state index is -0.249. The molecule has 0 unspecified atom stereocenters. The van der Waals surface area contributed by atoms with E-state index in [4.69, 9.17) is 0 Å². The third-order valence-corrected chi connectivity index (χ3v) is 3.61. The summed E-state index contributed by atoms with van der Waals surface area (Å²) in [5, 5.41) is 1.84. The summed E-state index contributed by atoms with van der Waals surface area (Å²) >= 11 is 1.38. The number of esters is 1. The van der Waals surface area contributed by atoms with Crippen LogP contribution in [0.4, 0.5) is 0 Å². The molecule has 1 N–H and O–H groups in total. The lowest BCUT2D eigenvalue weighted by molar-refractivity contribution is -0.140. The van der Waals surface area contributed by atoms with E-state index in [1.165, 1.54) is 18.4 Å². The van der Waals surface area contributed by atoms with Crippen LogP contribution in [0.25, 0.3) is 10.2 Å². The monoisotopic (exact) mass is 281 g/mol. The maximum absolute atomic E-state index is 11.8. The van der Waals surface area contributed by atoms with Gasteiger partial charge in [-0.2, -0.15) is 0 Å². The highest BCUT2D eigenvalue weighted by Gasteiger charge is 2.09. The first kappa shape index (κ1) is 13.7. The number of methoxy groups -OCH3 is 1. The molecule has 0 aliphatic heterocycles. The number of nitrogens with zero attached hydrogens (tertiary/aromatic N) is 2. The van der Waals surface area contributed by atoms with Gasteiger partial charge in [-0.1, -0.05) is 0 Å². The van der Waals surface area contributed by atoms with Gasteiger partial charge in [0.2, 0.25) is 0 Å². The van der Waals surface area contributed by atoms with Crippen molar-refractivity contribution < 1.29 is 9.53 Å². The standard InChI is InChI=1S/C12H15N3O3S/c1-15(5-3-10(16)18-2)7-9-13-8-4-6-19-11(8)12(17)14-9/h4,6H,3,5,7H2,1-2H3,(H,13,14,17). The molecule has 0 atom stereocenters. The average Bonchev–Trinajstić information content (AvgIpc) is 2.84. The van der Waals surface area contributed by atoms with Crippen LogP contribution in [-0.2, 0) is 16.1 Å². The van der Waals surface area contributed by atoms with Crippen molar-refractivity contribution in [3.63, 3.8) is 0 Å². The summed E-state index contributed by atoms with van der Waals surface area (Å²) in [7, 11) is 3.23. The zero-order chi connectivity index (χ0) is 13.8. The van der Waals surface area contributed by atoms with Crippen LogP contribution in [0, 0.1) is 0 Å². The van der Waals surface area contributed by atoms with Gasteiger partial charge in [0.1, 0.15) is 10.5 Å². The van der Waals surface area contributed by atoms with E-state index < -0.39 is 0 Å². The molecule has 0 aliphatic carbocycles. The van der Waals surface area contributed by atoms with E-state index in [1.54, 1.807) is 0 Å². The number of hydrogen-bond donors (Lipinski definition) is 1. The first-order valence-electron chi connectivity index (χ1n) is 5.82. The Balaban J connectivity index is 2.04. The third-order valence-electron chi connectivity index (χ3n) is 2.71. The molecule has 0 saturated carbocycles. The summed E-state index contributed by atoms with van der Waals surface area (Å²) < 4.78 is 5.22. The van der Waals surface area contributed by atoms with Crippen LogP contribution in [0.15, 0.2) is 16.2 Å². The Morgan fingerprint density at radius 3 is 3.11 bits per heavy atom. The van der Waals surface area contributed by atoms with Crippen LogP contribution in [0.5, 0.6) is 0 Å². The first-order chi connectivity index (χ1) is 9.10. The largest absolute Gasteiger partial charge is 0.469 e. The number of hydrogen-bond acceptors (Lipinski definition) is 6. The number of rotatable bonds is 5. The van der Waals surface area contributed by atoms with E-state index in [9.17, 15) is 9.59 Å². The molecule has 0 saturated heterocycles. The zero-order valence-corrected chi connectivity index (χ0v) is 11.6. The molecule has 6 nitrogen and oxygen atoms in total. The Labute approximate surface area is 114 Å². The molecule has 0 fully saturated rings. The van der Waals surface area contributed by atoms with E-state index in [1.807, 2.05) is 23.4 Å². The highest BCUT2D eigenvalue weighted by Crippen LogP contribution is 2.13. The molecule has 0 amide bonds. The number of aromatic nitrogens is 2. The summed E-state index contributed by atoms with van der Waals surface area (Å²) in [4.78, 5) is 31.9. The molecular weight excluding hydrogens is 266 g/mol. The summed E-state index contributed by atoms with van der Waals surface area (Å²) in [6.07, 6.45) is 0.317. The van der Waals surface area contributed by atoms with E-state index in [2.05, 4.69) is 14.7 Å². The van der Waals surface area contributed by atoms with Gasteiger partial charge in [0.05, 0.1) is 25.6 Å².